The van der Waals surface area contributed by atoms with Crippen LogP contribution in [-0.4, -0.2) is 25.1 Å². The first kappa shape index (κ1) is 12.9. The van der Waals surface area contributed by atoms with Crippen LogP contribution < -0.4 is 14.8 Å². The molecule has 0 saturated heterocycles. The van der Waals surface area contributed by atoms with Crippen LogP contribution in [0.15, 0.2) is 35.3 Å². The van der Waals surface area contributed by atoms with E-state index < -0.39 is 0 Å². The summed E-state index contributed by atoms with van der Waals surface area (Å²) in [7, 11) is 3.10. The van der Waals surface area contributed by atoms with Gasteiger partial charge in [0.25, 0.3) is 0 Å². The third-order valence-corrected chi connectivity index (χ3v) is 2.51. The molecule has 0 saturated carbocycles. The van der Waals surface area contributed by atoms with Crippen LogP contribution >= 0.6 is 0 Å². The first-order valence-corrected chi connectivity index (χ1v) is 5.62. The van der Waals surface area contributed by atoms with Crippen molar-refractivity contribution in [2.45, 2.75) is 6.42 Å². The molecule has 0 unspecified atom stereocenters. The van der Waals surface area contributed by atoms with Crippen molar-refractivity contribution in [3.63, 3.8) is 0 Å². The van der Waals surface area contributed by atoms with E-state index in [9.17, 15) is 4.79 Å². The van der Waals surface area contributed by atoms with Gasteiger partial charge in [-0.25, -0.2) is 4.98 Å². The summed E-state index contributed by atoms with van der Waals surface area (Å²) >= 11 is 0. The van der Waals surface area contributed by atoms with Gasteiger partial charge in [0.05, 0.1) is 32.0 Å². The van der Waals surface area contributed by atoms with E-state index in [0.29, 0.717) is 22.9 Å². The van der Waals surface area contributed by atoms with E-state index in [-0.39, 0.29) is 12.3 Å². The molecule has 1 heterocycles. The molecular formula is C13H14N2O4. The number of carbonyl (C=O) groups is 1. The summed E-state index contributed by atoms with van der Waals surface area (Å²) in [5, 5.41) is 2.75. The number of hydrogen-bond donors (Lipinski definition) is 1. The zero-order valence-corrected chi connectivity index (χ0v) is 10.7. The van der Waals surface area contributed by atoms with Gasteiger partial charge in [0.2, 0.25) is 5.91 Å². The van der Waals surface area contributed by atoms with Gasteiger partial charge in [0, 0.05) is 6.07 Å². The molecule has 0 aliphatic carbocycles. The van der Waals surface area contributed by atoms with Gasteiger partial charge in [-0.3, -0.25) is 4.79 Å². The van der Waals surface area contributed by atoms with Crippen LogP contribution in [-0.2, 0) is 11.2 Å². The summed E-state index contributed by atoms with van der Waals surface area (Å²) in [6.45, 7) is 0. The lowest BCUT2D eigenvalue weighted by atomic mass is 10.2. The number of rotatable bonds is 5. The third kappa shape index (κ3) is 3.25. The summed E-state index contributed by atoms with van der Waals surface area (Å²) in [6.07, 6.45) is 2.87. The Labute approximate surface area is 110 Å². The van der Waals surface area contributed by atoms with E-state index in [1.807, 2.05) is 0 Å². The number of carbonyl (C=O) groups excluding carboxylic acids is 1. The molecule has 6 nitrogen and oxygen atoms in total. The molecule has 0 radical (unpaired) electrons. The van der Waals surface area contributed by atoms with Gasteiger partial charge < -0.3 is 19.2 Å². The van der Waals surface area contributed by atoms with Crippen molar-refractivity contribution in [1.82, 2.24) is 4.98 Å². The number of benzene rings is 1. The van der Waals surface area contributed by atoms with Crippen molar-refractivity contribution in [2.75, 3.05) is 19.5 Å². The molecule has 1 amide bonds. The summed E-state index contributed by atoms with van der Waals surface area (Å²) in [5.41, 5.74) is 1.15. The molecule has 1 aromatic heterocycles. The zero-order chi connectivity index (χ0) is 13.7. The fourth-order valence-electron chi connectivity index (χ4n) is 1.59. The Hall–Kier alpha value is -2.50. The molecular weight excluding hydrogens is 248 g/mol. The maximum atomic E-state index is 11.8. The maximum Gasteiger partial charge on any atom is 0.230 e. The van der Waals surface area contributed by atoms with E-state index in [1.54, 1.807) is 25.3 Å². The highest BCUT2D eigenvalue weighted by Crippen LogP contribution is 2.29. The first-order chi connectivity index (χ1) is 9.22. The van der Waals surface area contributed by atoms with Gasteiger partial charge in [0.15, 0.2) is 6.39 Å². The second kappa shape index (κ2) is 5.90. The van der Waals surface area contributed by atoms with Crippen molar-refractivity contribution < 1.29 is 18.7 Å². The van der Waals surface area contributed by atoms with Crippen LogP contribution in [0.25, 0.3) is 0 Å². The van der Waals surface area contributed by atoms with Crippen molar-refractivity contribution in [2.24, 2.45) is 0 Å². The number of nitrogens with zero attached hydrogens (tertiary/aromatic N) is 1. The molecule has 100 valence electrons. The first-order valence-electron chi connectivity index (χ1n) is 5.62. The van der Waals surface area contributed by atoms with Gasteiger partial charge in [-0.15, -0.1) is 0 Å². The van der Waals surface area contributed by atoms with Crippen LogP contribution in [0.5, 0.6) is 11.5 Å². The standard InChI is InChI=1S/C13H14N2O4/c1-17-10-3-4-11(12(6-10)18-2)15-13(16)5-9-7-19-8-14-9/h3-4,6-8H,5H2,1-2H3,(H,15,16). The molecule has 19 heavy (non-hydrogen) atoms. The molecule has 0 spiro atoms. The Morgan fingerprint density at radius 2 is 2.21 bits per heavy atom. The minimum absolute atomic E-state index is 0.145. The van der Waals surface area contributed by atoms with Crippen molar-refractivity contribution in [1.29, 1.82) is 0 Å². The molecule has 2 rings (SSSR count). The molecule has 0 fully saturated rings. The van der Waals surface area contributed by atoms with E-state index >= 15 is 0 Å². The number of oxazole rings is 1. The van der Waals surface area contributed by atoms with Gasteiger partial charge >= 0.3 is 0 Å². The number of nitrogens with one attached hydrogen (secondary N) is 1. The molecule has 1 N–H and O–H groups in total. The number of amides is 1. The molecule has 0 bridgehead atoms. The van der Waals surface area contributed by atoms with Gasteiger partial charge in [0.1, 0.15) is 17.8 Å². The van der Waals surface area contributed by atoms with Crippen LogP contribution in [0.1, 0.15) is 5.69 Å². The Bertz CT molecular complexity index is 552. The smallest absolute Gasteiger partial charge is 0.230 e. The molecule has 0 aliphatic heterocycles. The number of methoxy groups -OCH3 is 2. The van der Waals surface area contributed by atoms with E-state index in [0.717, 1.165) is 0 Å². The SMILES string of the molecule is COc1ccc(NC(=O)Cc2cocn2)c(OC)c1. The number of aromatic nitrogens is 1. The average molecular weight is 262 g/mol. The molecule has 0 atom stereocenters. The molecule has 1 aromatic carbocycles. The largest absolute Gasteiger partial charge is 0.497 e. The van der Waals surface area contributed by atoms with E-state index in [2.05, 4.69) is 10.3 Å². The minimum Gasteiger partial charge on any atom is -0.497 e. The molecule has 0 aliphatic rings. The summed E-state index contributed by atoms with van der Waals surface area (Å²) in [6, 6.07) is 5.16. The summed E-state index contributed by atoms with van der Waals surface area (Å²) in [4.78, 5) is 15.7. The van der Waals surface area contributed by atoms with Gasteiger partial charge in [-0.2, -0.15) is 0 Å². The van der Waals surface area contributed by atoms with Crippen LogP contribution in [0.3, 0.4) is 0 Å². The lowest BCUT2D eigenvalue weighted by Crippen LogP contribution is -2.15. The fourth-order valence-corrected chi connectivity index (χ4v) is 1.59. The normalized spacial score (nSPS) is 10.0. The topological polar surface area (TPSA) is 73.6 Å². The fraction of sp³-hybridized carbons (Fsp3) is 0.231. The third-order valence-electron chi connectivity index (χ3n) is 2.51. The van der Waals surface area contributed by atoms with Gasteiger partial charge in [-0.05, 0) is 12.1 Å². The number of ether oxygens (including phenoxy) is 2. The Morgan fingerprint density at radius 3 is 2.84 bits per heavy atom. The van der Waals surface area contributed by atoms with Crippen LogP contribution in [0.4, 0.5) is 5.69 Å². The highest BCUT2D eigenvalue weighted by molar-refractivity contribution is 5.93. The lowest BCUT2D eigenvalue weighted by molar-refractivity contribution is -0.115. The monoisotopic (exact) mass is 262 g/mol. The summed E-state index contributed by atoms with van der Waals surface area (Å²) < 4.78 is 15.1. The highest BCUT2D eigenvalue weighted by Gasteiger charge is 2.10. The predicted molar refractivity (Wildman–Crippen MR) is 68.4 cm³/mol. The van der Waals surface area contributed by atoms with Crippen molar-refractivity contribution in [3.8, 4) is 11.5 Å². The number of hydrogen-bond acceptors (Lipinski definition) is 5. The lowest BCUT2D eigenvalue weighted by Gasteiger charge is -2.11. The second-order valence-electron chi connectivity index (χ2n) is 3.77. The van der Waals surface area contributed by atoms with Crippen molar-refractivity contribution >= 4 is 11.6 Å². The molecule has 6 heteroatoms. The minimum atomic E-state index is -0.197. The van der Waals surface area contributed by atoms with E-state index in [1.165, 1.54) is 19.8 Å². The number of anilines is 1. The highest BCUT2D eigenvalue weighted by atomic mass is 16.5. The van der Waals surface area contributed by atoms with Crippen LogP contribution in [0, 0.1) is 0 Å². The average Bonchev–Trinajstić information content (AvgIpc) is 2.91. The second-order valence-corrected chi connectivity index (χ2v) is 3.77. The van der Waals surface area contributed by atoms with Crippen LogP contribution in [0.2, 0.25) is 0 Å². The quantitative estimate of drug-likeness (QED) is 0.890. The zero-order valence-electron chi connectivity index (χ0n) is 10.7. The predicted octanol–water partition coefficient (Wildman–Crippen LogP) is 1.87. The van der Waals surface area contributed by atoms with E-state index in [4.69, 9.17) is 13.9 Å². The maximum absolute atomic E-state index is 11.8. The Kier molecular flexibility index (Phi) is 4.02. The molecule has 2 aromatic rings. The van der Waals surface area contributed by atoms with Crippen molar-refractivity contribution in [3.05, 3.63) is 36.5 Å². The van der Waals surface area contributed by atoms with Gasteiger partial charge in [-0.1, -0.05) is 0 Å². The Balaban J connectivity index is 2.07. The summed E-state index contributed by atoms with van der Waals surface area (Å²) in [5.74, 6) is 0.997. The Morgan fingerprint density at radius 1 is 1.37 bits per heavy atom.